The third-order valence-corrected chi connectivity index (χ3v) is 2.91. The molecule has 0 aliphatic heterocycles. The van der Waals surface area contributed by atoms with Crippen LogP contribution in [0.2, 0.25) is 0 Å². The molecule has 16 heavy (non-hydrogen) atoms. The maximum atomic E-state index is 12.2. The molecule has 1 rings (SSSR count). The molecule has 1 unspecified atom stereocenters. The van der Waals surface area contributed by atoms with Crippen LogP contribution in [0.15, 0.2) is 0 Å². The number of alkyl halides is 3. The van der Waals surface area contributed by atoms with Crippen LogP contribution in [0.3, 0.4) is 0 Å². The number of halogens is 3. The van der Waals surface area contributed by atoms with Crippen LogP contribution in [0.5, 0.6) is 0 Å². The van der Waals surface area contributed by atoms with E-state index in [1.807, 2.05) is 0 Å². The zero-order valence-electron chi connectivity index (χ0n) is 9.09. The van der Waals surface area contributed by atoms with E-state index in [0.717, 1.165) is 25.7 Å². The van der Waals surface area contributed by atoms with Gasteiger partial charge in [-0.15, -0.1) is 0 Å². The van der Waals surface area contributed by atoms with Crippen molar-refractivity contribution in [2.75, 3.05) is 13.2 Å². The molecule has 0 N–H and O–H groups in total. The molecule has 1 aliphatic rings. The Balaban J connectivity index is 2.21. The van der Waals surface area contributed by atoms with E-state index in [9.17, 15) is 13.2 Å². The number of hydrogen-bond acceptors (Lipinski definition) is 2. The fourth-order valence-corrected chi connectivity index (χ4v) is 1.91. The summed E-state index contributed by atoms with van der Waals surface area (Å²) in [6.07, 6.45) is 1.07. The smallest absolute Gasteiger partial charge is 0.379 e. The van der Waals surface area contributed by atoms with Crippen molar-refractivity contribution in [3.63, 3.8) is 0 Å². The summed E-state index contributed by atoms with van der Waals surface area (Å²) in [5.41, 5.74) is 0. The Labute approximate surface area is 93.4 Å². The molecule has 0 radical (unpaired) electrons. The van der Waals surface area contributed by atoms with E-state index in [1.165, 1.54) is 12.5 Å². The minimum Gasteiger partial charge on any atom is -0.379 e. The SMILES string of the molecule is N#CC(COCC1CCCCC1)C(F)(F)F. The fraction of sp³-hybridized carbons (Fsp3) is 0.909. The van der Waals surface area contributed by atoms with Gasteiger partial charge in [-0.25, -0.2) is 0 Å². The van der Waals surface area contributed by atoms with Crippen molar-refractivity contribution >= 4 is 0 Å². The van der Waals surface area contributed by atoms with Gasteiger partial charge in [0.1, 0.15) is 0 Å². The highest BCUT2D eigenvalue weighted by atomic mass is 19.4. The van der Waals surface area contributed by atoms with Crippen LogP contribution in [0.25, 0.3) is 0 Å². The Bertz CT molecular complexity index is 241. The van der Waals surface area contributed by atoms with Gasteiger partial charge in [0, 0.05) is 6.61 Å². The molecular formula is C11H16F3NO. The van der Waals surface area contributed by atoms with Crippen LogP contribution in [0.4, 0.5) is 13.2 Å². The van der Waals surface area contributed by atoms with Crippen molar-refractivity contribution in [2.45, 2.75) is 38.3 Å². The van der Waals surface area contributed by atoms with Crippen molar-refractivity contribution in [2.24, 2.45) is 11.8 Å². The Morgan fingerprint density at radius 1 is 1.25 bits per heavy atom. The summed E-state index contributed by atoms with van der Waals surface area (Å²) < 4.78 is 41.6. The van der Waals surface area contributed by atoms with Crippen LogP contribution in [0, 0.1) is 23.2 Å². The van der Waals surface area contributed by atoms with Gasteiger partial charge in [-0.1, -0.05) is 19.3 Å². The third-order valence-electron chi connectivity index (χ3n) is 2.91. The van der Waals surface area contributed by atoms with Crippen LogP contribution < -0.4 is 0 Å². The molecule has 92 valence electrons. The Hall–Kier alpha value is -0.760. The summed E-state index contributed by atoms with van der Waals surface area (Å²) in [5.74, 6) is -1.61. The van der Waals surface area contributed by atoms with Gasteiger partial charge in [0.2, 0.25) is 0 Å². The zero-order valence-corrected chi connectivity index (χ0v) is 9.09. The molecular weight excluding hydrogens is 219 g/mol. The molecule has 0 bridgehead atoms. The van der Waals surface area contributed by atoms with Gasteiger partial charge < -0.3 is 4.74 Å². The van der Waals surface area contributed by atoms with Crippen molar-refractivity contribution in [3.8, 4) is 6.07 Å². The van der Waals surface area contributed by atoms with E-state index >= 15 is 0 Å². The van der Waals surface area contributed by atoms with Gasteiger partial charge in [-0.2, -0.15) is 18.4 Å². The lowest BCUT2D eigenvalue weighted by atomic mass is 9.90. The molecule has 0 amide bonds. The second kappa shape index (κ2) is 6.09. The van der Waals surface area contributed by atoms with Gasteiger partial charge in [-0.05, 0) is 18.8 Å². The lowest BCUT2D eigenvalue weighted by Crippen LogP contribution is -2.27. The molecule has 5 heteroatoms. The first-order valence-corrected chi connectivity index (χ1v) is 5.58. The highest BCUT2D eigenvalue weighted by Crippen LogP contribution is 2.27. The summed E-state index contributed by atoms with van der Waals surface area (Å²) in [6.45, 7) is -0.176. The second-order valence-corrected chi connectivity index (χ2v) is 4.26. The molecule has 0 aromatic rings. The molecule has 1 aliphatic carbocycles. The predicted octanol–water partition coefficient (Wildman–Crippen LogP) is 3.29. The third kappa shape index (κ3) is 4.40. The second-order valence-electron chi connectivity index (χ2n) is 4.26. The standard InChI is InChI=1S/C11H16F3NO/c12-11(13,14)10(6-15)8-16-7-9-4-2-1-3-5-9/h9-10H,1-5,7-8H2. The predicted molar refractivity (Wildman–Crippen MR) is 52.6 cm³/mol. The Morgan fingerprint density at radius 3 is 2.38 bits per heavy atom. The fourth-order valence-electron chi connectivity index (χ4n) is 1.91. The van der Waals surface area contributed by atoms with E-state index in [4.69, 9.17) is 10.00 Å². The van der Waals surface area contributed by atoms with Crippen molar-refractivity contribution < 1.29 is 17.9 Å². The number of ether oxygens (including phenoxy) is 1. The molecule has 0 spiro atoms. The summed E-state index contributed by atoms with van der Waals surface area (Å²) in [6, 6.07) is 1.23. The molecule has 1 atom stereocenters. The molecule has 0 saturated heterocycles. The monoisotopic (exact) mass is 235 g/mol. The molecule has 1 saturated carbocycles. The molecule has 0 heterocycles. The maximum Gasteiger partial charge on any atom is 0.406 e. The van der Waals surface area contributed by atoms with E-state index in [1.54, 1.807) is 0 Å². The minimum absolute atomic E-state index is 0.355. The first-order chi connectivity index (χ1) is 7.54. The van der Waals surface area contributed by atoms with E-state index in [-0.39, 0.29) is 0 Å². The molecule has 1 fully saturated rings. The summed E-state index contributed by atoms with van der Waals surface area (Å²) >= 11 is 0. The maximum absolute atomic E-state index is 12.2. The highest BCUT2D eigenvalue weighted by Gasteiger charge is 2.40. The average Bonchev–Trinajstić information content (AvgIpc) is 2.24. The number of nitriles is 1. The van der Waals surface area contributed by atoms with Crippen molar-refractivity contribution in [1.29, 1.82) is 5.26 Å². The largest absolute Gasteiger partial charge is 0.406 e. The van der Waals surface area contributed by atoms with E-state index in [2.05, 4.69) is 0 Å². The zero-order chi connectivity index (χ0) is 12.0. The average molecular weight is 235 g/mol. The van der Waals surface area contributed by atoms with Gasteiger partial charge in [-0.3, -0.25) is 0 Å². The molecule has 0 aromatic heterocycles. The highest BCUT2D eigenvalue weighted by molar-refractivity contribution is 4.88. The number of hydrogen-bond donors (Lipinski definition) is 0. The summed E-state index contributed by atoms with van der Waals surface area (Å²) in [4.78, 5) is 0. The minimum atomic E-state index is -4.47. The Kier molecular flexibility index (Phi) is 5.07. The van der Waals surface area contributed by atoms with Gasteiger partial charge in [0.25, 0.3) is 0 Å². The van der Waals surface area contributed by atoms with Crippen LogP contribution in [-0.2, 0) is 4.74 Å². The van der Waals surface area contributed by atoms with Crippen LogP contribution in [-0.4, -0.2) is 19.4 Å². The molecule has 2 nitrogen and oxygen atoms in total. The summed E-state index contributed by atoms with van der Waals surface area (Å²) in [5, 5.41) is 8.35. The van der Waals surface area contributed by atoms with Gasteiger partial charge >= 0.3 is 6.18 Å². The van der Waals surface area contributed by atoms with Crippen LogP contribution >= 0.6 is 0 Å². The lowest BCUT2D eigenvalue weighted by molar-refractivity contribution is -0.172. The normalized spacial score (nSPS) is 20.4. The van der Waals surface area contributed by atoms with Crippen LogP contribution in [0.1, 0.15) is 32.1 Å². The quantitative estimate of drug-likeness (QED) is 0.749. The number of rotatable bonds is 4. The van der Waals surface area contributed by atoms with Crippen molar-refractivity contribution in [1.82, 2.24) is 0 Å². The lowest BCUT2D eigenvalue weighted by Gasteiger charge is -2.22. The van der Waals surface area contributed by atoms with E-state index < -0.39 is 18.7 Å². The van der Waals surface area contributed by atoms with Gasteiger partial charge in [0.15, 0.2) is 5.92 Å². The molecule has 0 aromatic carbocycles. The van der Waals surface area contributed by atoms with E-state index in [0.29, 0.717) is 12.5 Å². The number of nitrogens with zero attached hydrogens (tertiary/aromatic N) is 1. The summed E-state index contributed by atoms with van der Waals surface area (Å²) in [7, 11) is 0. The first-order valence-electron chi connectivity index (χ1n) is 5.58. The topological polar surface area (TPSA) is 33.0 Å². The van der Waals surface area contributed by atoms with Gasteiger partial charge in [0.05, 0.1) is 12.7 Å². The Morgan fingerprint density at radius 2 is 1.88 bits per heavy atom. The van der Waals surface area contributed by atoms with Crippen molar-refractivity contribution in [3.05, 3.63) is 0 Å². The first kappa shape index (κ1) is 13.3.